The first-order valence-electron chi connectivity index (χ1n) is 9.39. The summed E-state index contributed by atoms with van der Waals surface area (Å²) in [7, 11) is 1.74. The second kappa shape index (κ2) is 8.05. The summed E-state index contributed by atoms with van der Waals surface area (Å²) in [6.07, 6.45) is -0.0520. The quantitative estimate of drug-likeness (QED) is 0.656. The van der Waals surface area contributed by atoms with Crippen LogP contribution < -0.4 is 0 Å². The van der Waals surface area contributed by atoms with Gasteiger partial charge in [-0.25, -0.2) is 0 Å². The molecule has 0 bridgehead atoms. The van der Waals surface area contributed by atoms with Gasteiger partial charge < -0.3 is 9.47 Å². The molecule has 1 aliphatic heterocycles. The Morgan fingerprint density at radius 2 is 1.48 bits per heavy atom. The number of benzene rings is 3. The molecule has 3 heteroatoms. The van der Waals surface area contributed by atoms with E-state index < -0.39 is 5.79 Å². The monoisotopic (exact) mass is 359 g/mol. The van der Waals surface area contributed by atoms with Crippen LogP contribution in [0, 0.1) is 0 Å². The molecule has 2 atom stereocenters. The molecule has 138 valence electrons. The van der Waals surface area contributed by atoms with Crippen LogP contribution in [0.1, 0.15) is 22.8 Å². The zero-order valence-corrected chi connectivity index (χ0v) is 15.6. The van der Waals surface area contributed by atoms with Crippen LogP contribution in [-0.4, -0.2) is 25.1 Å². The molecule has 27 heavy (non-hydrogen) atoms. The lowest BCUT2D eigenvalue weighted by molar-refractivity contribution is -0.294. The van der Waals surface area contributed by atoms with E-state index in [0.717, 1.165) is 18.7 Å². The zero-order valence-electron chi connectivity index (χ0n) is 15.6. The maximum absolute atomic E-state index is 6.60. The van der Waals surface area contributed by atoms with Crippen LogP contribution in [0.15, 0.2) is 91.0 Å². The molecule has 0 aliphatic carbocycles. The Balaban J connectivity index is 1.68. The average Bonchev–Trinajstić information content (AvgIpc) is 2.75. The largest absolute Gasteiger partial charge is 0.348 e. The van der Waals surface area contributed by atoms with E-state index >= 15 is 0 Å². The van der Waals surface area contributed by atoms with Crippen LogP contribution in [0.5, 0.6) is 0 Å². The lowest BCUT2D eigenvalue weighted by Gasteiger charge is -2.45. The van der Waals surface area contributed by atoms with E-state index in [1.165, 1.54) is 11.1 Å². The van der Waals surface area contributed by atoms with Crippen LogP contribution in [0.3, 0.4) is 0 Å². The molecule has 0 unspecified atom stereocenters. The molecule has 1 heterocycles. The lowest BCUT2D eigenvalue weighted by Crippen LogP contribution is -2.51. The summed E-state index contributed by atoms with van der Waals surface area (Å²) in [5.41, 5.74) is 3.52. The van der Waals surface area contributed by atoms with Gasteiger partial charge in [0.2, 0.25) is 5.79 Å². The predicted octanol–water partition coefficient (Wildman–Crippen LogP) is 4.76. The third-order valence-electron chi connectivity index (χ3n) is 5.15. The van der Waals surface area contributed by atoms with Gasteiger partial charge in [0.05, 0.1) is 12.6 Å². The van der Waals surface area contributed by atoms with Gasteiger partial charge in [0, 0.05) is 25.8 Å². The van der Waals surface area contributed by atoms with Crippen molar-refractivity contribution >= 4 is 0 Å². The van der Waals surface area contributed by atoms with E-state index in [2.05, 4.69) is 71.6 Å². The molecular formula is C24H25NO2. The molecule has 0 radical (unpaired) electrons. The Labute approximate surface area is 161 Å². The van der Waals surface area contributed by atoms with Crippen molar-refractivity contribution in [3.05, 3.63) is 108 Å². The Kier molecular flexibility index (Phi) is 5.35. The summed E-state index contributed by atoms with van der Waals surface area (Å²) in [6, 6.07) is 31.2. The van der Waals surface area contributed by atoms with Gasteiger partial charge in [-0.1, -0.05) is 91.0 Å². The summed E-state index contributed by atoms with van der Waals surface area (Å²) < 4.78 is 12.6. The van der Waals surface area contributed by atoms with Gasteiger partial charge in [-0.3, -0.25) is 4.90 Å². The Morgan fingerprint density at radius 3 is 2.11 bits per heavy atom. The molecule has 3 aromatic rings. The normalized spacial score (nSPS) is 23.2. The van der Waals surface area contributed by atoms with Crippen molar-refractivity contribution in [2.75, 3.05) is 20.2 Å². The summed E-state index contributed by atoms with van der Waals surface area (Å²) in [5.74, 6) is -0.783. The molecule has 0 amide bonds. The van der Waals surface area contributed by atoms with E-state index in [0.29, 0.717) is 6.54 Å². The fraction of sp³-hybridized carbons (Fsp3) is 0.250. The summed E-state index contributed by atoms with van der Waals surface area (Å²) in [5, 5.41) is 0. The van der Waals surface area contributed by atoms with E-state index in [9.17, 15) is 0 Å². The average molecular weight is 359 g/mol. The first kappa shape index (κ1) is 17.9. The van der Waals surface area contributed by atoms with Crippen molar-refractivity contribution in [2.45, 2.75) is 18.4 Å². The second-order valence-electron chi connectivity index (χ2n) is 7.00. The third kappa shape index (κ3) is 3.96. The van der Waals surface area contributed by atoms with E-state index in [-0.39, 0.29) is 6.10 Å². The van der Waals surface area contributed by atoms with E-state index in [4.69, 9.17) is 9.47 Å². The first-order valence-corrected chi connectivity index (χ1v) is 9.39. The number of nitrogens with zero attached hydrogens (tertiary/aromatic N) is 1. The molecule has 1 fully saturated rings. The maximum atomic E-state index is 6.60. The van der Waals surface area contributed by atoms with Gasteiger partial charge in [0.25, 0.3) is 0 Å². The van der Waals surface area contributed by atoms with Crippen LogP contribution in [-0.2, 0) is 21.8 Å². The van der Waals surface area contributed by atoms with Crippen molar-refractivity contribution in [3.8, 4) is 0 Å². The SMILES string of the molecule is CO[C@@]1(c2ccccc2)CN(Cc2ccccc2)C[C@H](c2ccccc2)O1. The topological polar surface area (TPSA) is 21.7 Å². The minimum absolute atomic E-state index is 0.0520. The van der Waals surface area contributed by atoms with Gasteiger partial charge >= 0.3 is 0 Å². The number of rotatable bonds is 5. The molecular weight excluding hydrogens is 334 g/mol. The number of methoxy groups -OCH3 is 1. The lowest BCUT2D eigenvalue weighted by atomic mass is 9.99. The molecule has 0 spiro atoms. The molecule has 0 saturated carbocycles. The highest BCUT2D eigenvalue weighted by Gasteiger charge is 2.43. The number of ether oxygens (including phenoxy) is 2. The van der Waals surface area contributed by atoms with Gasteiger partial charge in [0.1, 0.15) is 0 Å². The minimum Gasteiger partial charge on any atom is -0.348 e. The molecule has 4 rings (SSSR count). The number of hydrogen-bond donors (Lipinski definition) is 0. The zero-order chi connectivity index (χ0) is 18.5. The number of morpholine rings is 1. The highest BCUT2D eigenvalue weighted by molar-refractivity contribution is 5.25. The van der Waals surface area contributed by atoms with Gasteiger partial charge in [-0.15, -0.1) is 0 Å². The molecule has 0 N–H and O–H groups in total. The predicted molar refractivity (Wildman–Crippen MR) is 107 cm³/mol. The maximum Gasteiger partial charge on any atom is 0.208 e. The molecule has 1 aliphatic rings. The Morgan fingerprint density at radius 1 is 0.889 bits per heavy atom. The minimum atomic E-state index is -0.783. The molecule has 0 aromatic heterocycles. The fourth-order valence-corrected chi connectivity index (χ4v) is 3.78. The molecule has 3 nitrogen and oxygen atoms in total. The van der Waals surface area contributed by atoms with E-state index in [1.807, 2.05) is 24.3 Å². The molecule has 3 aromatic carbocycles. The van der Waals surface area contributed by atoms with Crippen molar-refractivity contribution in [3.63, 3.8) is 0 Å². The standard InChI is InChI=1S/C24H25NO2/c1-26-24(22-15-9-4-10-16-22)19-25(17-20-11-5-2-6-12-20)18-23(27-24)21-13-7-3-8-14-21/h2-16,23H,17-19H2,1H3/t23-,24+/m1/s1. The Bertz CT molecular complexity index is 838. The van der Waals surface area contributed by atoms with Crippen molar-refractivity contribution in [2.24, 2.45) is 0 Å². The van der Waals surface area contributed by atoms with Gasteiger partial charge in [-0.05, 0) is 11.1 Å². The van der Waals surface area contributed by atoms with Gasteiger partial charge in [0.15, 0.2) is 0 Å². The third-order valence-corrected chi connectivity index (χ3v) is 5.15. The second-order valence-corrected chi connectivity index (χ2v) is 7.00. The van der Waals surface area contributed by atoms with Crippen LogP contribution in [0.25, 0.3) is 0 Å². The van der Waals surface area contributed by atoms with Gasteiger partial charge in [-0.2, -0.15) is 0 Å². The highest BCUT2D eigenvalue weighted by Crippen LogP contribution is 2.39. The van der Waals surface area contributed by atoms with Crippen molar-refractivity contribution in [1.82, 2.24) is 4.90 Å². The number of hydrogen-bond acceptors (Lipinski definition) is 3. The van der Waals surface area contributed by atoms with Crippen LogP contribution in [0.4, 0.5) is 0 Å². The van der Waals surface area contributed by atoms with Crippen molar-refractivity contribution < 1.29 is 9.47 Å². The van der Waals surface area contributed by atoms with Crippen LogP contribution in [0.2, 0.25) is 0 Å². The van der Waals surface area contributed by atoms with E-state index in [1.54, 1.807) is 7.11 Å². The smallest absolute Gasteiger partial charge is 0.208 e. The Hall–Kier alpha value is -2.46. The van der Waals surface area contributed by atoms with Crippen molar-refractivity contribution in [1.29, 1.82) is 0 Å². The highest BCUT2D eigenvalue weighted by atomic mass is 16.7. The summed E-state index contributed by atoms with van der Waals surface area (Å²) in [6.45, 7) is 2.38. The molecule has 1 saturated heterocycles. The van der Waals surface area contributed by atoms with Crippen LogP contribution >= 0.6 is 0 Å². The first-order chi connectivity index (χ1) is 13.3. The fourth-order valence-electron chi connectivity index (χ4n) is 3.78. The summed E-state index contributed by atoms with van der Waals surface area (Å²) >= 11 is 0. The summed E-state index contributed by atoms with van der Waals surface area (Å²) in [4.78, 5) is 2.42.